The Bertz CT molecular complexity index is 447. The maximum Gasteiger partial charge on any atom is 0.337 e. The summed E-state index contributed by atoms with van der Waals surface area (Å²) in [5.41, 5.74) is 1.34. The molecule has 2 amide bonds. The second kappa shape index (κ2) is 9.73. The first-order valence-corrected chi connectivity index (χ1v) is 6.43. The second-order valence-corrected chi connectivity index (χ2v) is 4.09. The van der Waals surface area contributed by atoms with Gasteiger partial charge in [0.15, 0.2) is 0 Å². The van der Waals surface area contributed by atoms with Crippen molar-refractivity contribution in [1.82, 2.24) is 10.6 Å². The van der Waals surface area contributed by atoms with Gasteiger partial charge in [-0.1, -0.05) is 12.1 Å². The summed E-state index contributed by atoms with van der Waals surface area (Å²) in [6, 6.07) is 6.47. The zero-order chi connectivity index (χ0) is 15.5. The van der Waals surface area contributed by atoms with Crippen LogP contribution in [-0.2, 0) is 20.8 Å². The maximum absolute atomic E-state index is 11.5. The highest BCUT2D eigenvalue weighted by molar-refractivity contribution is 5.89. The first kappa shape index (κ1) is 16.9. The molecule has 1 aromatic carbocycles. The number of amides is 2. The lowest BCUT2D eigenvalue weighted by atomic mass is 10.1. The molecule has 21 heavy (non-hydrogen) atoms. The van der Waals surface area contributed by atoms with Crippen molar-refractivity contribution in [2.24, 2.45) is 0 Å². The summed E-state index contributed by atoms with van der Waals surface area (Å²) < 4.78 is 14.5. The van der Waals surface area contributed by atoms with Crippen LogP contribution in [0.5, 0.6) is 0 Å². The third kappa shape index (κ3) is 6.73. The third-order valence-electron chi connectivity index (χ3n) is 2.59. The number of urea groups is 1. The number of nitrogens with one attached hydrogen (secondary N) is 2. The molecule has 7 heteroatoms. The zero-order valence-corrected chi connectivity index (χ0v) is 12.2. The molecule has 0 saturated carbocycles. The Morgan fingerprint density at radius 2 is 1.76 bits per heavy atom. The highest BCUT2D eigenvalue weighted by Gasteiger charge is 2.05. The minimum absolute atomic E-state index is 0.121. The van der Waals surface area contributed by atoms with Crippen molar-refractivity contribution in [3.63, 3.8) is 0 Å². The van der Waals surface area contributed by atoms with Crippen molar-refractivity contribution in [3.8, 4) is 0 Å². The minimum Gasteiger partial charge on any atom is -0.465 e. The molecule has 0 aliphatic rings. The number of methoxy groups -OCH3 is 2. The van der Waals surface area contributed by atoms with Crippen LogP contribution in [0.3, 0.4) is 0 Å². The molecule has 0 spiro atoms. The van der Waals surface area contributed by atoms with Crippen molar-refractivity contribution in [2.45, 2.75) is 6.54 Å². The summed E-state index contributed by atoms with van der Waals surface area (Å²) in [4.78, 5) is 22.7. The predicted octanol–water partition coefficient (Wildman–Crippen LogP) is 0.893. The van der Waals surface area contributed by atoms with Gasteiger partial charge in [0.05, 0.1) is 25.9 Å². The molecule has 0 bridgehead atoms. The molecule has 0 unspecified atom stereocenters. The maximum atomic E-state index is 11.5. The number of ether oxygens (including phenoxy) is 3. The Kier molecular flexibility index (Phi) is 7.85. The van der Waals surface area contributed by atoms with Gasteiger partial charge in [-0.3, -0.25) is 0 Å². The van der Waals surface area contributed by atoms with E-state index in [0.717, 1.165) is 5.56 Å². The molecule has 0 atom stereocenters. The molecule has 2 N–H and O–H groups in total. The lowest BCUT2D eigenvalue weighted by molar-refractivity contribution is 0.0600. The van der Waals surface area contributed by atoms with Crippen molar-refractivity contribution in [2.75, 3.05) is 34.2 Å². The molecule has 1 rings (SSSR count). The Balaban J connectivity index is 2.25. The molecule has 0 aliphatic carbocycles. The number of hydrogen-bond donors (Lipinski definition) is 2. The quantitative estimate of drug-likeness (QED) is 0.423. The zero-order valence-electron chi connectivity index (χ0n) is 12.2. The van der Waals surface area contributed by atoms with E-state index in [1.54, 1.807) is 31.4 Å². The molecular weight excluding hydrogens is 276 g/mol. The Labute approximate surface area is 123 Å². The van der Waals surface area contributed by atoms with Crippen molar-refractivity contribution in [1.29, 1.82) is 0 Å². The SMILES string of the molecule is COCCOCNC(=O)NCc1ccc(C(=O)OC)cc1. The highest BCUT2D eigenvalue weighted by Crippen LogP contribution is 2.05. The van der Waals surface area contributed by atoms with Crippen molar-refractivity contribution < 1.29 is 23.8 Å². The molecule has 7 nitrogen and oxygen atoms in total. The van der Waals surface area contributed by atoms with E-state index in [4.69, 9.17) is 9.47 Å². The molecule has 0 heterocycles. The van der Waals surface area contributed by atoms with Gasteiger partial charge in [0.2, 0.25) is 0 Å². The van der Waals surface area contributed by atoms with E-state index in [-0.39, 0.29) is 18.7 Å². The molecule has 0 fully saturated rings. The predicted molar refractivity (Wildman–Crippen MR) is 75.8 cm³/mol. The van der Waals surface area contributed by atoms with Crippen LogP contribution < -0.4 is 10.6 Å². The number of carbonyl (C=O) groups excluding carboxylic acids is 2. The van der Waals surface area contributed by atoms with E-state index in [1.807, 2.05) is 0 Å². The van der Waals surface area contributed by atoms with Crippen LogP contribution in [0.25, 0.3) is 0 Å². The largest absolute Gasteiger partial charge is 0.465 e. The molecule has 0 aliphatic heterocycles. The van der Waals surface area contributed by atoms with E-state index >= 15 is 0 Å². The van der Waals surface area contributed by atoms with Crippen LogP contribution in [0.4, 0.5) is 4.79 Å². The van der Waals surface area contributed by atoms with Crippen molar-refractivity contribution >= 4 is 12.0 Å². The second-order valence-electron chi connectivity index (χ2n) is 4.09. The lowest BCUT2D eigenvalue weighted by Gasteiger charge is -2.08. The number of rotatable bonds is 8. The normalized spacial score (nSPS) is 10.0. The van der Waals surface area contributed by atoms with Gasteiger partial charge in [0.1, 0.15) is 6.73 Å². The third-order valence-corrected chi connectivity index (χ3v) is 2.59. The average molecular weight is 296 g/mol. The minimum atomic E-state index is -0.388. The fourth-order valence-electron chi connectivity index (χ4n) is 1.45. The summed E-state index contributed by atoms with van der Waals surface area (Å²) in [6.07, 6.45) is 0. The van der Waals surface area contributed by atoms with Crippen LogP contribution in [0.15, 0.2) is 24.3 Å². The molecule has 0 aromatic heterocycles. The van der Waals surface area contributed by atoms with E-state index in [2.05, 4.69) is 15.4 Å². The smallest absolute Gasteiger partial charge is 0.337 e. The Hall–Kier alpha value is -2.12. The standard InChI is InChI=1S/C14H20N2O5/c1-19-7-8-21-10-16-14(18)15-9-11-3-5-12(6-4-11)13(17)20-2/h3-6H,7-10H2,1-2H3,(H2,15,16,18). The summed E-state index contributed by atoms with van der Waals surface area (Å²) in [7, 11) is 2.91. The van der Waals surface area contributed by atoms with Gasteiger partial charge in [-0.25, -0.2) is 9.59 Å². The highest BCUT2D eigenvalue weighted by atomic mass is 16.5. The molecule has 1 aromatic rings. The Morgan fingerprint density at radius 3 is 2.38 bits per heavy atom. The summed E-state index contributed by atoms with van der Waals surface area (Å²) in [5, 5.41) is 5.22. The summed E-state index contributed by atoms with van der Waals surface area (Å²) >= 11 is 0. The van der Waals surface area contributed by atoms with E-state index in [9.17, 15) is 9.59 Å². The number of hydrogen-bond acceptors (Lipinski definition) is 5. The summed E-state index contributed by atoms with van der Waals surface area (Å²) in [5.74, 6) is -0.388. The Morgan fingerprint density at radius 1 is 1.05 bits per heavy atom. The van der Waals surface area contributed by atoms with Crippen LogP contribution in [0.2, 0.25) is 0 Å². The van der Waals surface area contributed by atoms with E-state index in [0.29, 0.717) is 25.3 Å². The lowest BCUT2D eigenvalue weighted by Crippen LogP contribution is -2.36. The summed E-state index contributed by atoms with van der Waals surface area (Å²) in [6.45, 7) is 1.38. The first-order valence-electron chi connectivity index (χ1n) is 6.43. The van der Waals surface area contributed by atoms with Gasteiger partial charge >= 0.3 is 12.0 Å². The monoisotopic (exact) mass is 296 g/mol. The molecular formula is C14H20N2O5. The van der Waals surface area contributed by atoms with Gasteiger partial charge in [-0.2, -0.15) is 0 Å². The molecule has 0 radical (unpaired) electrons. The molecule has 0 saturated heterocycles. The fraction of sp³-hybridized carbons (Fsp3) is 0.429. The van der Waals surface area contributed by atoms with Gasteiger partial charge in [-0.05, 0) is 17.7 Å². The van der Waals surface area contributed by atoms with Crippen LogP contribution in [0, 0.1) is 0 Å². The number of carbonyl (C=O) groups is 2. The van der Waals surface area contributed by atoms with Gasteiger partial charge in [0, 0.05) is 13.7 Å². The van der Waals surface area contributed by atoms with Crippen molar-refractivity contribution in [3.05, 3.63) is 35.4 Å². The van der Waals surface area contributed by atoms with Crippen LogP contribution in [-0.4, -0.2) is 46.2 Å². The first-order chi connectivity index (χ1) is 10.2. The van der Waals surface area contributed by atoms with Gasteiger partial charge < -0.3 is 24.8 Å². The average Bonchev–Trinajstić information content (AvgIpc) is 2.52. The van der Waals surface area contributed by atoms with Gasteiger partial charge in [0.25, 0.3) is 0 Å². The number of esters is 1. The number of benzene rings is 1. The van der Waals surface area contributed by atoms with E-state index < -0.39 is 0 Å². The van der Waals surface area contributed by atoms with Crippen LogP contribution >= 0.6 is 0 Å². The van der Waals surface area contributed by atoms with Gasteiger partial charge in [-0.15, -0.1) is 0 Å². The topological polar surface area (TPSA) is 85.9 Å². The van der Waals surface area contributed by atoms with Crippen LogP contribution in [0.1, 0.15) is 15.9 Å². The molecule has 116 valence electrons. The fourth-order valence-corrected chi connectivity index (χ4v) is 1.45. The van der Waals surface area contributed by atoms with E-state index in [1.165, 1.54) is 7.11 Å².